The summed E-state index contributed by atoms with van der Waals surface area (Å²) < 4.78 is 6.43. The average molecular weight is 252 g/mol. The van der Waals surface area contributed by atoms with Gasteiger partial charge in [-0.15, -0.1) is 0 Å². The lowest BCUT2D eigenvalue weighted by Crippen LogP contribution is -2.11. The van der Waals surface area contributed by atoms with Gasteiger partial charge in [0.05, 0.1) is 7.11 Å². The summed E-state index contributed by atoms with van der Waals surface area (Å²) in [5, 5.41) is 7.60. The van der Waals surface area contributed by atoms with E-state index in [1.807, 2.05) is 0 Å². The number of rotatable bonds is 5. The number of nitrogens with two attached hydrogens (primary N) is 1. The van der Waals surface area contributed by atoms with Gasteiger partial charge in [-0.3, -0.25) is 0 Å². The topological polar surface area (TPSA) is 82.2 Å². The van der Waals surface area contributed by atoms with Crippen molar-refractivity contribution < 1.29 is 9.53 Å². The van der Waals surface area contributed by atoms with Crippen molar-refractivity contribution in [2.24, 2.45) is 5.92 Å². The maximum Gasteiger partial charge on any atom is 0.345 e. The summed E-state index contributed by atoms with van der Waals surface area (Å²) in [6.45, 7) is 4.84. The van der Waals surface area contributed by atoms with E-state index < -0.39 is 5.97 Å². The van der Waals surface area contributed by atoms with Gasteiger partial charge in [0, 0.05) is 12.6 Å². The Morgan fingerprint density at radius 1 is 1.61 bits per heavy atom. The minimum Gasteiger partial charge on any atom is -0.465 e. The standard InChI is InChI=1S/C12H20N4O2/c1-7(2)6-16-10(13)9(12(17)18-3)11(15-16)14-8-4-5-8/h7-8H,4-6,13H2,1-3H3,(H,14,15). The highest BCUT2D eigenvalue weighted by Gasteiger charge is 2.28. The molecule has 1 aromatic rings. The third-order valence-corrected chi connectivity index (χ3v) is 2.84. The summed E-state index contributed by atoms with van der Waals surface area (Å²) in [5.41, 5.74) is 6.34. The fourth-order valence-electron chi connectivity index (χ4n) is 1.79. The molecule has 0 aromatic carbocycles. The number of nitrogen functional groups attached to an aromatic ring is 1. The smallest absolute Gasteiger partial charge is 0.345 e. The monoisotopic (exact) mass is 252 g/mol. The van der Waals surface area contributed by atoms with Crippen LogP contribution in [0.15, 0.2) is 0 Å². The minimum atomic E-state index is -0.439. The SMILES string of the molecule is COC(=O)c1c(NC2CC2)nn(CC(C)C)c1N. The number of hydrogen-bond acceptors (Lipinski definition) is 5. The maximum atomic E-state index is 11.8. The van der Waals surface area contributed by atoms with Crippen LogP contribution in [-0.4, -0.2) is 28.9 Å². The molecule has 1 aliphatic carbocycles. The molecule has 6 nitrogen and oxygen atoms in total. The zero-order valence-corrected chi connectivity index (χ0v) is 11.1. The molecule has 0 atom stereocenters. The van der Waals surface area contributed by atoms with Gasteiger partial charge >= 0.3 is 5.97 Å². The fraction of sp³-hybridized carbons (Fsp3) is 0.667. The molecule has 0 bridgehead atoms. The lowest BCUT2D eigenvalue weighted by atomic mass is 10.2. The van der Waals surface area contributed by atoms with Crippen LogP contribution >= 0.6 is 0 Å². The summed E-state index contributed by atoms with van der Waals surface area (Å²) in [7, 11) is 1.35. The second-order valence-corrected chi connectivity index (χ2v) is 5.09. The van der Waals surface area contributed by atoms with Crippen molar-refractivity contribution >= 4 is 17.6 Å². The Labute approximate surface area is 106 Å². The van der Waals surface area contributed by atoms with Crippen molar-refractivity contribution in [3.63, 3.8) is 0 Å². The lowest BCUT2D eigenvalue weighted by molar-refractivity contribution is 0.0603. The van der Waals surface area contributed by atoms with Crippen molar-refractivity contribution in [2.45, 2.75) is 39.3 Å². The highest BCUT2D eigenvalue weighted by Crippen LogP contribution is 2.29. The van der Waals surface area contributed by atoms with Gasteiger partial charge in [-0.05, 0) is 18.8 Å². The third-order valence-electron chi connectivity index (χ3n) is 2.84. The first-order valence-electron chi connectivity index (χ1n) is 6.24. The van der Waals surface area contributed by atoms with Gasteiger partial charge in [0.15, 0.2) is 5.82 Å². The molecule has 0 radical (unpaired) electrons. The van der Waals surface area contributed by atoms with Gasteiger partial charge in [-0.25, -0.2) is 9.48 Å². The molecule has 0 unspecified atom stereocenters. The molecule has 1 saturated carbocycles. The number of nitrogens with one attached hydrogen (secondary N) is 1. The molecule has 0 amide bonds. The van der Waals surface area contributed by atoms with E-state index in [-0.39, 0.29) is 0 Å². The predicted molar refractivity (Wildman–Crippen MR) is 69.5 cm³/mol. The third kappa shape index (κ3) is 2.57. The van der Waals surface area contributed by atoms with Crippen LogP contribution in [0.1, 0.15) is 37.0 Å². The number of anilines is 2. The number of hydrogen-bond donors (Lipinski definition) is 2. The van der Waals surface area contributed by atoms with Crippen LogP contribution in [0.25, 0.3) is 0 Å². The van der Waals surface area contributed by atoms with E-state index in [0.29, 0.717) is 35.7 Å². The number of nitrogens with zero attached hydrogens (tertiary/aromatic N) is 2. The van der Waals surface area contributed by atoms with E-state index in [1.54, 1.807) is 4.68 Å². The normalized spacial score (nSPS) is 14.9. The summed E-state index contributed by atoms with van der Waals surface area (Å²) in [6.07, 6.45) is 2.22. The van der Waals surface area contributed by atoms with Crippen LogP contribution in [0.4, 0.5) is 11.6 Å². The zero-order chi connectivity index (χ0) is 13.3. The first-order chi connectivity index (χ1) is 8.52. The Morgan fingerprint density at radius 3 is 2.78 bits per heavy atom. The van der Waals surface area contributed by atoms with Gasteiger partial charge in [0.1, 0.15) is 11.4 Å². The lowest BCUT2D eigenvalue weighted by Gasteiger charge is -2.06. The van der Waals surface area contributed by atoms with Crippen LogP contribution in [0, 0.1) is 5.92 Å². The van der Waals surface area contributed by atoms with Gasteiger partial charge < -0.3 is 15.8 Å². The number of methoxy groups -OCH3 is 1. The molecular formula is C12H20N4O2. The van der Waals surface area contributed by atoms with Gasteiger partial charge in [0.25, 0.3) is 0 Å². The van der Waals surface area contributed by atoms with Gasteiger partial charge in [0.2, 0.25) is 0 Å². The van der Waals surface area contributed by atoms with Crippen molar-refractivity contribution in [3.05, 3.63) is 5.56 Å². The molecule has 0 saturated heterocycles. The van der Waals surface area contributed by atoms with Crippen molar-refractivity contribution in [1.82, 2.24) is 9.78 Å². The molecule has 3 N–H and O–H groups in total. The second kappa shape index (κ2) is 4.88. The molecule has 2 rings (SSSR count). The molecule has 6 heteroatoms. The summed E-state index contributed by atoms with van der Waals surface area (Å²) in [5.74, 6) is 0.887. The molecular weight excluding hydrogens is 232 g/mol. The Hall–Kier alpha value is -1.72. The summed E-state index contributed by atoms with van der Waals surface area (Å²) >= 11 is 0. The first kappa shape index (κ1) is 12.7. The molecule has 1 fully saturated rings. The highest BCUT2D eigenvalue weighted by atomic mass is 16.5. The van der Waals surface area contributed by atoms with Gasteiger partial charge in [-0.1, -0.05) is 13.8 Å². The van der Waals surface area contributed by atoms with Crippen LogP contribution in [0.2, 0.25) is 0 Å². The van der Waals surface area contributed by atoms with Crippen molar-refractivity contribution in [3.8, 4) is 0 Å². The van der Waals surface area contributed by atoms with Crippen LogP contribution < -0.4 is 11.1 Å². The molecule has 0 spiro atoms. The zero-order valence-electron chi connectivity index (χ0n) is 11.1. The quantitative estimate of drug-likeness (QED) is 0.776. The number of aromatic nitrogens is 2. The Kier molecular flexibility index (Phi) is 3.45. The number of carbonyl (C=O) groups excluding carboxylic acids is 1. The predicted octanol–water partition coefficient (Wildman–Crippen LogP) is 1.48. The number of ether oxygens (including phenoxy) is 1. The fourth-order valence-corrected chi connectivity index (χ4v) is 1.79. The van der Waals surface area contributed by atoms with E-state index >= 15 is 0 Å². The number of esters is 1. The van der Waals surface area contributed by atoms with Crippen molar-refractivity contribution in [1.29, 1.82) is 0 Å². The minimum absolute atomic E-state index is 0.352. The van der Waals surface area contributed by atoms with Crippen molar-refractivity contribution in [2.75, 3.05) is 18.2 Å². The van der Waals surface area contributed by atoms with E-state index in [9.17, 15) is 4.79 Å². The maximum absolute atomic E-state index is 11.8. The van der Waals surface area contributed by atoms with Crippen LogP contribution in [-0.2, 0) is 11.3 Å². The van der Waals surface area contributed by atoms with Crippen LogP contribution in [0.3, 0.4) is 0 Å². The molecule has 1 heterocycles. The van der Waals surface area contributed by atoms with E-state index in [1.165, 1.54) is 7.11 Å². The second-order valence-electron chi connectivity index (χ2n) is 5.09. The van der Waals surface area contributed by atoms with Gasteiger partial charge in [-0.2, -0.15) is 5.10 Å². The molecule has 1 aliphatic rings. The average Bonchev–Trinajstić information content (AvgIpc) is 3.05. The Bertz CT molecular complexity index is 449. The van der Waals surface area contributed by atoms with Crippen LogP contribution in [0.5, 0.6) is 0 Å². The molecule has 1 aromatic heterocycles. The van der Waals surface area contributed by atoms with E-state index in [4.69, 9.17) is 10.5 Å². The molecule has 0 aliphatic heterocycles. The highest BCUT2D eigenvalue weighted by molar-refractivity contribution is 5.99. The van der Waals surface area contributed by atoms with E-state index in [2.05, 4.69) is 24.3 Å². The van der Waals surface area contributed by atoms with E-state index in [0.717, 1.165) is 12.8 Å². The first-order valence-corrected chi connectivity index (χ1v) is 6.24. The number of carbonyl (C=O) groups is 1. The summed E-state index contributed by atoms with van der Waals surface area (Å²) in [4.78, 5) is 11.8. The molecule has 100 valence electrons. The Balaban J connectivity index is 2.32. The summed E-state index contributed by atoms with van der Waals surface area (Å²) in [6, 6.07) is 0.412. The molecule has 18 heavy (non-hydrogen) atoms. The Morgan fingerprint density at radius 2 is 2.28 bits per heavy atom. The largest absolute Gasteiger partial charge is 0.465 e.